The summed E-state index contributed by atoms with van der Waals surface area (Å²) in [5.41, 5.74) is 5.71. The molecular weight excluding hydrogens is 479 g/mol. The summed E-state index contributed by atoms with van der Waals surface area (Å²) in [5.74, 6) is 0.229. The molecule has 3 aromatic carbocycles. The van der Waals surface area contributed by atoms with Crippen molar-refractivity contribution in [3.8, 4) is 28.2 Å². The molecule has 0 fully saturated rings. The monoisotopic (exact) mass is 510 g/mol. The molecule has 1 N–H and O–H groups in total. The Bertz CT molecular complexity index is 1580. The molecule has 0 atom stereocenters. The maximum atomic E-state index is 15.1. The number of halogens is 1. The van der Waals surface area contributed by atoms with E-state index in [0.717, 1.165) is 52.8 Å². The Hall–Kier alpha value is -4.33. The first kappa shape index (κ1) is 25.3. The Morgan fingerprint density at radius 2 is 1.74 bits per heavy atom. The number of nitrogens with zero attached hydrogens (tertiary/aromatic N) is 5. The zero-order valence-corrected chi connectivity index (χ0v) is 21.9. The highest BCUT2D eigenvalue weighted by atomic mass is 19.1. The summed E-state index contributed by atoms with van der Waals surface area (Å²) in [7, 11) is 0. The van der Waals surface area contributed by atoms with Crippen molar-refractivity contribution in [3.63, 3.8) is 0 Å². The molecule has 0 amide bonds. The lowest BCUT2D eigenvalue weighted by molar-refractivity contribution is 0.606. The summed E-state index contributed by atoms with van der Waals surface area (Å²) in [5, 5.41) is 14.4. The van der Waals surface area contributed by atoms with Crippen LogP contribution in [-0.4, -0.2) is 29.8 Å². The van der Waals surface area contributed by atoms with Gasteiger partial charge in [0.1, 0.15) is 5.82 Å². The van der Waals surface area contributed by atoms with E-state index < -0.39 is 0 Å². The SMILES string of the molecule is CCCCc1cn(-c2c(F)cccc2C(C)C)c(=O)n1Cc1ccc(-c2ccccc2-c2nn[nH]n2)cc1. The number of para-hydroxylation sites is 1. The van der Waals surface area contributed by atoms with Crippen molar-refractivity contribution in [2.75, 3.05) is 0 Å². The van der Waals surface area contributed by atoms with Crippen LogP contribution in [0.3, 0.4) is 0 Å². The Kier molecular flexibility index (Phi) is 7.31. The fraction of sp³-hybridized carbons (Fsp3) is 0.267. The highest BCUT2D eigenvalue weighted by Gasteiger charge is 2.19. The highest BCUT2D eigenvalue weighted by Crippen LogP contribution is 2.30. The van der Waals surface area contributed by atoms with Gasteiger partial charge in [0.05, 0.1) is 12.2 Å². The molecule has 8 heteroatoms. The molecule has 0 aliphatic rings. The van der Waals surface area contributed by atoms with Gasteiger partial charge >= 0.3 is 5.69 Å². The number of unbranched alkanes of at least 4 members (excludes halogenated alkanes) is 1. The number of hydrogen-bond acceptors (Lipinski definition) is 4. The maximum absolute atomic E-state index is 15.1. The number of aromatic nitrogens is 6. The van der Waals surface area contributed by atoms with Gasteiger partial charge < -0.3 is 0 Å². The molecule has 194 valence electrons. The molecule has 7 nitrogen and oxygen atoms in total. The minimum Gasteiger partial charge on any atom is -0.292 e. The van der Waals surface area contributed by atoms with Crippen molar-refractivity contribution in [1.82, 2.24) is 29.8 Å². The largest absolute Gasteiger partial charge is 0.333 e. The van der Waals surface area contributed by atoms with Crippen LogP contribution in [0.5, 0.6) is 0 Å². The van der Waals surface area contributed by atoms with Gasteiger partial charge in [-0.05, 0) is 52.3 Å². The van der Waals surface area contributed by atoms with E-state index in [0.29, 0.717) is 18.1 Å². The Labute approximate surface area is 221 Å². The first-order valence-electron chi connectivity index (χ1n) is 13.0. The summed E-state index contributed by atoms with van der Waals surface area (Å²) in [6.07, 6.45) is 4.52. The number of imidazole rings is 1. The zero-order valence-electron chi connectivity index (χ0n) is 21.9. The van der Waals surface area contributed by atoms with Crippen molar-refractivity contribution >= 4 is 0 Å². The van der Waals surface area contributed by atoms with E-state index in [1.165, 1.54) is 10.6 Å². The summed E-state index contributed by atoms with van der Waals surface area (Å²) in [6.45, 7) is 6.55. The topological polar surface area (TPSA) is 81.4 Å². The second-order valence-electron chi connectivity index (χ2n) is 9.77. The van der Waals surface area contributed by atoms with E-state index in [1.54, 1.807) is 10.6 Å². The number of benzene rings is 3. The minimum atomic E-state index is -0.387. The lowest BCUT2D eigenvalue weighted by atomic mass is 9.98. The molecule has 0 aliphatic heterocycles. The molecule has 0 unspecified atom stereocenters. The lowest BCUT2D eigenvalue weighted by Gasteiger charge is -2.13. The van der Waals surface area contributed by atoms with Gasteiger partial charge in [0.2, 0.25) is 5.82 Å². The summed E-state index contributed by atoms with van der Waals surface area (Å²) in [6, 6.07) is 21.0. The molecule has 0 spiro atoms. The van der Waals surface area contributed by atoms with Gasteiger partial charge in [0.15, 0.2) is 0 Å². The van der Waals surface area contributed by atoms with Gasteiger partial charge in [0.25, 0.3) is 0 Å². The Morgan fingerprint density at radius 1 is 0.974 bits per heavy atom. The zero-order chi connectivity index (χ0) is 26.6. The highest BCUT2D eigenvalue weighted by molar-refractivity contribution is 5.80. The fourth-order valence-corrected chi connectivity index (χ4v) is 4.84. The molecule has 0 saturated carbocycles. The third kappa shape index (κ3) is 4.94. The number of tetrazole rings is 1. The molecule has 0 radical (unpaired) electrons. The van der Waals surface area contributed by atoms with Gasteiger partial charge in [-0.15, -0.1) is 10.2 Å². The van der Waals surface area contributed by atoms with Crippen molar-refractivity contribution in [2.45, 2.75) is 52.5 Å². The second kappa shape index (κ2) is 11.0. The van der Waals surface area contributed by atoms with Gasteiger partial charge in [0, 0.05) is 17.5 Å². The molecule has 0 bridgehead atoms. The van der Waals surface area contributed by atoms with E-state index in [9.17, 15) is 4.79 Å². The summed E-state index contributed by atoms with van der Waals surface area (Å²) >= 11 is 0. The van der Waals surface area contributed by atoms with Gasteiger partial charge in [-0.2, -0.15) is 5.21 Å². The number of hydrogen-bond donors (Lipinski definition) is 1. The van der Waals surface area contributed by atoms with Crippen LogP contribution in [0, 0.1) is 5.82 Å². The van der Waals surface area contributed by atoms with Crippen molar-refractivity contribution in [1.29, 1.82) is 0 Å². The van der Waals surface area contributed by atoms with Crippen molar-refractivity contribution in [2.24, 2.45) is 0 Å². The van der Waals surface area contributed by atoms with E-state index >= 15 is 4.39 Å². The Balaban J connectivity index is 1.51. The van der Waals surface area contributed by atoms with Crippen LogP contribution in [-0.2, 0) is 13.0 Å². The smallest absolute Gasteiger partial charge is 0.292 e. The van der Waals surface area contributed by atoms with E-state index in [1.807, 2.05) is 74.6 Å². The average Bonchev–Trinajstić information content (AvgIpc) is 3.57. The van der Waals surface area contributed by atoms with Gasteiger partial charge in [-0.1, -0.05) is 87.9 Å². The third-order valence-electron chi connectivity index (χ3n) is 6.85. The molecule has 5 rings (SSSR count). The molecular formula is C30H31FN6O. The van der Waals surface area contributed by atoms with E-state index in [-0.39, 0.29) is 17.4 Å². The molecule has 2 aromatic heterocycles. The third-order valence-corrected chi connectivity index (χ3v) is 6.85. The van der Waals surface area contributed by atoms with Crippen LogP contribution in [0.25, 0.3) is 28.2 Å². The second-order valence-corrected chi connectivity index (χ2v) is 9.77. The Morgan fingerprint density at radius 3 is 2.42 bits per heavy atom. The quantitative estimate of drug-likeness (QED) is 0.258. The van der Waals surface area contributed by atoms with Crippen LogP contribution >= 0.6 is 0 Å². The number of aryl methyl sites for hydroxylation is 1. The number of rotatable bonds is 9. The molecule has 2 heterocycles. The maximum Gasteiger partial charge on any atom is 0.333 e. The molecule has 38 heavy (non-hydrogen) atoms. The summed E-state index contributed by atoms with van der Waals surface area (Å²) < 4.78 is 18.3. The predicted octanol–water partition coefficient (Wildman–Crippen LogP) is 6.14. The number of H-pyrrole nitrogens is 1. The standard InChI is InChI=1S/C30H31FN6O/c1-4-5-9-23-19-37(28-24(20(2)3)12-8-13-27(28)31)30(38)36(23)18-21-14-16-22(17-15-21)25-10-6-7-11-26(25)29-32-34-35-33-29/h6-8,10-17,19-20H,4-5,9,18H2,1-3H3,(H,32,33,34,35). The van der Waals surface area contributed by atoms with E-state index in [4.69, 9.17) is 0 Å². The summed E-state index contributed by atoms with van der Waals surface area (Å²) in [4.78, 5) is 13.7. The van der Waals surface area contributed by atoms with Gasteiger partial charge in [-0.25, -0.2) is 9.18 Å². The first-order chi connectivity index (χ1) is 18.5. The van der Waals surface area contributed by atoms with Crippen LogP contribution in [0.2, 0.25) is 0 Å². The first-order valence-corrected chi connectivity index (χ1v) is 13.0. The molecule has 0 saturated heterocycles. The number of nitrogens with one attached hydrogen (secondary N) is 1. The van der Waals surface area contributed by atoms with Crippen molar-refractivity contribution in [3.05, 3.63) is 106 Å². The van der Waals surface area contributed by atoms with Crippen molar-refractivity contribution < 1.29 is 4.39 Å². The van der Waals surface area contributed by atoms with Crippen LogP contribution in [0.15, 0.2) is 77.7 Å². The average molecular weight is 511 g/mol. The minimum absolute atomic E-state index is 0.0814. The molecule has 0 aliphatic carbocycles. The van der Waals surface area contributed by atoms with Crippen LogP contribution in [0.1, 0.15) is 56.4 Å². The number of aromatic amines is 1. The lowest BCUT2D eigenvalue weighted by Crippen LogP contribution is -2.26. The van der Waals surface area contributed by atoms with Gasteiger partial charge in [-0.3, -0.25) is 9.13 Å². The van der Waals surface area contributed by atoms with Crippen LogP contribution in [0.4, 0.5) is 4.39 Å². The van der Waals surface area contributed by atoms with Crippen LogP contribution < -0.4 is 5.69 Å². The predicted molar refractivity (Wildman–Crippen MR) is 147 cm³/mol. The normalized spacial score (nSPS) is 11.4. The fourth-order valence-electron chi connectivity index (χ4n) is 4.84. The van der Waals surface area contributed by atoms with E-state index in [2.05, 4.69) is 27.5 Å². The molecule has 5 aromatic rings.